The molecule has 1 N–H and O–H groups in total. The minimum Gasteiger partial charge on any atom is -0.339 e. The fourth-order valence-electron chi connectivity index (χ4n) is 2.85. The Bertz CT molecular complexity index is 833. The van der Waals surface area contributed by atoms with Crippen molar-refractivity contribution in [3.63, 3.8) is 0 Å². The molecular weight excluding hydrogens is 383 g/mol. The number of halogens is 2. The van der Waals surface area contributed by atoms with Gasteiger partial charge < -0.3 is 4.90 Å². The minimum absolute atomic E-state index is 0.137. The van der Waals surface area contributed by atoms with E-state index >= 15 is 0 Å². The van der Waals surface area contributed by atoms with Crippen LogP contribution in [0.3, 0.4) is 0 Å². The number of hydrogen-bond acceptors (Lipinski definition) is 5. The van der Waals surface area contributed by atoms with Crippen LogP contribution in [0.15, 0.2) is 36.7 Å². The average molecular weight is 401 g/mol. The molecule has 1 aliphatic heterocycles. The summed E-state index contributed by atoms with van der Waals surface area (Å²) in [6.07, 6.45) is 5.02. The number of rotatable bonds is 5. The Labute approximate surface area is 157 Å². The molecule has 1 aliphatic rings. The Kier molecular flexibility index (Phi) is 5.78. The maximum atomic E-state index is 12.5. The lowest BCUT2D eigenvalue weighted by Crippen LogP contribution is -2.48. The highest BCUT2D eigenvalue weighted by atomic mass is 35.5. The van der Waals surface area contributed by atoms with Gasteiger partial charge >= 0.3 is 0 Å². The zero-order valence-electron chi connectivity index (χ0n) is 13.4. The first-order valence-corrected chi connectivity index (χ1v) is 10.3. The van der Waals surface area contributed by atoms with E-state index in [0.717, 1.165) is 19.4 Å². The summed E-state index contributed by atoms with van der Waals surface area (Å²) in [5.74, 6) is 0.485. The summed E-state index contributed by atoms with van der Waals surface area (Å²) in [6, 6.07) is 6.42. The lowest BCUT2D eigenvalue weighted by molar-refractivity contribution is 0.461. The van der Waals surface area contributed by atoms with Crippen molar-refractivity contribution in [3.05, 3.63) is 52.3 Å². The summed E-state index contributed by atoms with van der Waals surface area (Å²) < 4.78 is 27.7. The van der Waals surface area contributed by atoms with Crippen molar-refractivity contribution >= 4 is 39.2 Å². The van der Waals surface area contributed by atoms with E-state index in [1.165, 1.54) is 0 Å². The molecule has 1 fully saturated rings. The second-order valence-corrected chi connectivity index (χ2v) is 8.53. The normalized spacial score (nSPS) is 18.3. The number of anilines is 1. The molecule has 134 valence electrons. The van der Waals surface area contributed by atoms with Crippen LogP contribution in [-0.4, -0.2) is 37.5 Å². The molecule has 0 radical (unpaired) electrons. The van der Waals surface area contributed by atoms with Crippen molar-refractivity contribution in [3.8, 4) is 0 Å². The molecule has 25 heavy (non-hydrogen) atoms. The van der Waals surface area contributed by atoms with Crippen LogP contribution in [0, 0.1) is 0 Å². The molecular formula is C16H18Cl2N4O2S. The quantitative estimate of drug-likeness (QED) is 0.834. The van der Waals surface area contributed by atoms with Crippen molar-refractivity contribution in [2.24, 2.45) is 0 Å². The Hall–Kier alpha value is -1.41. The van der Waals surface area contributed by atoms with Crippen molar-refractivity contribution in [1.82, 2.24) is 14.7 Å². The van der Waals surface area contributed by atoms with Gasteiger partial charge in [-0.05, 0) is 36.6 Å². The predicted molar refractivity (Wildman–Crippen MR) is 99.5 cm³/mol. The maximum absolute atomic E-state index is 12.5. The van der Waals surface area contributed by atoms with E-state index in [1.807, 2.05) is 4.90 Å². The largest absolute Gasteiger partial charge is 0.339 e. The fraction of sp³-hybridized carbons (Fsp3) is 0.375. The minimum atomic E-state index is -3.49. The number of benzene rings is 1. The maximum Gasteiger partial charge on any atom is 0.225 e. The summed E-state index contributed by atoms with van der Waals surface area (Å²) in [6.45, 7) is 1.36. The lowest BCUT2D eigenvalue weighted by atomic mass is 10.1. The lowest BCUT2D eigenvalue weighted by Gasteiger charge is -2.32. The highest BCUT2D eigenvalue weighted by Gasteiger charge is 2.25. The molecule has 1 aromatic heterocycles. The van der Waals surface area contributed by atoms with Crippen molar-refractivity contribution in [2.75, 3.05) is 18.0 Å². The molecule has 1 aromatic carbocycles. The number of nitrogens with one attached hydrogen (secondary N) is 1. The first-order valence-electron chi connectivity index (χ1n) is 7.89. The molecule has 0 aliphatic carbocycles. The Morgan fingerprint density at radius 1 is 1.20 bits per heavy atom. The van der Waals surface area contributed by atoms with Gasteiger partial charge in [0.1, 0.15) is 0 Å². The van der Waals surface area contributed by atoms with Crippen molar-refractivity contribution < 1.29 is 8.42 Å². The van der Waals surface area contributed by atoms with Gasteiger partial charge in [-0.15, -0.1) is 0 Å². The Balaban J connectivity index is 1.65. The molecule has 1 saturated heterocycles. The molecule has 0 bridgehead atoms. The van der Waals surface area contributed by atoms with E-state index < -0.39 is 10.0 Å². The van der Waals surface area contributed by atoms with Gasteiger partial charge in [0.2, 0.25) is 16.0 Å². The van der Waals surface area contributed by atoms with Crippen LogP contribution in [0.4, 0.5) is 5.95 Å². The molecule has 2 aromatic rings. The third kappa shape index (κ3) is 5.04. The van der Waals surface area contributed by atoms with Crippen LogP contribution in [0.25, 0.3) is 0 Å². The third-order valence-electron chi connectivity index (χ3n) is 3.94. The third-order valence-corrected chi connectivity index (χ3v) is 6.09. The standard InChI is InChI=1S/C16H18Cl2N4O2S/c17-14-5-4-12(9-15(14)18)11-25(23,24)21-13-3-1-8-22(10-13)16-19-6-2-7-20-16/h2,4-7,9,13,21H,1,3,8,10-11H2. The van der Waals surface area contributed by atoms with E-state index in [1.54, 1.807) is 36.7 Å². The van der Waals surface area contributed by atoms with Crippen molar-refractivity contribution in [2.45, 2.75) is 24.6 Å². The van der Waals surface area contributed by atoms with E-state index in [2.05, 4.69) is 14.7 Å². The van der Waals surface area contributed by atoms with Crippen LogP contribution in [-0.2, 0) is 15.8 Å². The smallest absolute Gasteiger partial charge is 0.225 e. The number of piperidine rings is 1. The summed E-state index contributed by atoms with van der Waals surface area (Å²) in [5, 5.41) is 0.751. The molecule has 9 heteroatoms. The zero-order chi connectivity index (χ0) is 17.9. The second kappa shape index (κ2) is 7.86. The van der Waals surface area contributed by atoms with Gasteiger partial charge in [0, 0.05) is 31.5 Å². The Morgan fingerprint density at radius 2 is 1.96 bits per heavy atom. The molecule has 6 nitrogen and oxygen atoms in total. The summed E-state index contributed by atoms with van der Waals surface area (Å²) >= 11 is 11.8. The van der Waals surface area contributed by atoms with E-state index in [9.17, 15) is 8.42 Å². The van der Waals surface area contributed by atoms with Gasteiger partial charge in [-0.25, -0.2) is 23.1 Å². The summed E-state index contributed by atoms with van der Waals surface area (Å²) in [4.78, 5) is 10.5. The van der Waals surface area contributed by atoms with Crippen molar-refractivity contribution in [1.29, 1.82) is 0 Å². The number of nitrogens with zero attached hydrogens (tertiary/aromatic N) is 3. The monoisotopic (exact) mass is 400 g/mol. The molecule has 3 rings (SSSR count). The highest BCUT2D eigenvalue weighted by molar-refractivity contribution is 7.88. The van der Waals surface area contributed by atoms with Gasteiger partial charge in [-0.2, -0.15) is 0 Å². The van der Waals surface area contributed by atoms with Gasteiger partial charge in [-0.3, -0.25) is 0 Å². The first-order chi connectivity index (χ1) is 11.9. The van der Waals surface area contributed by atoms with E-state index in [0.29, 0.717) is 28.1 Å². The molecule has 0 spiro atoms. The van der Waals surface area contributed by atoms with Crippen LogP contribution in [0.5, 0.6) is 0 Å². The van der Waals surface area contributed by atoms with Crippen LogP contribution >= 0.6 is 23.2 Å². The van der Waals surface area contributed by atoms with Gasteiger partial charge in [0.05, 0.1) is 15.8 Å². The number of hydrogen-bond donors (Lipinski definition) is 1. The SMILES string of the molecule is O=S(=O)(Cc1ccc(Cl)c(Cl)c1)NC1CCCN(c2ncccn2)C1. The van der Waals surface area contributed by atoms with E-state index in [4.69, 9.17) is 23.2 Å². The Morgan fingerprint density at radius 3 is 2.68 bits per heavy atom. The van der Waals surface area contributed by atoms with Crippen LogP contribution in [0.2, 0.25) is 10.0 Å². The van der Waals surface area contributed by atoms with Gasteiger partial charge in [0.15, 0.2) is 0 Å². The van der Waals surface area contributed by atoms with E-state index in [-0.39, 0.29) is 11.8 Å². The predicted octanol–water partition coefficient (Wildman–Crippen LogP) is 2.87. The summed E-state index contributed by atoms with van der Waals surface area (Å²) in [7, 11) is -3.49. The average Bonchev–Trinajstić information content (AvgIpc) is 2.58. The molecule has 0 amide bonds. The molecule has 0 saturated carbocycles. The number of sulfonamides is 1. The first kappa shape index (κ1) is 18.4. The fourth-order valence-corrected chi connectivity index (χ4v) is 4.58. The highest BCUT2D eigenvalue weighted by Crippen LogP contribution is 2.23. The summed E-state index contributed by atoms with van der Waals surface area (Å²) in [5.41, 5.74) is 0.598. The molecule has 2 heterocycles. The van der Waals surface area contributed by atoms with Crippen LogP contribution in [0.1, 0.15) is 18.4 Å². The molecule has 1 atom stereocenters. The topological polar surface area (TPSA) is 75.2 Å². The second-order valence-electron chi connectivity index (χ2n) is 5.96. The van der Waals surface area contributed by atoms with Gasteiger partial charge in [-0.1, -0.05) is 29.3 Å². The number of aromatic nitrogens is 2. The molecule has 1 unspecified atom stereocenters. The zero-order valence-corrected chi connectivity index (χ0v) is 15.7. The van der Waals surface area contributed by atoms with Gasteiger partial charge in [0.25, 0.3) is 0 Å². The van der Waals surface area contributed by atoms with Crippen LogP contribution < -0.4 is 9.62 Å².